The van der Waals surface area contributed by atoms with Gasteiger partial charge in [-0.15, -0.1) is 0 Å². The fourth-order valence-electron chi connectivity index (χ4n) is 2.41. The summed E-state index contributed by atoms with van der Waals surface area (Å²) in [7, 11) is 0. The number of nitrogens with zero attached hydrogens (tertiary/aromatic N) is 1. The molecule has 0 atom stereocenters. The number of nitrogens with one attached hydrogen (secondary N) is 1. The van der Waals surface area contributed by atoms with E-state index in [0.717, 1.165) is 5.56 Å². The van der Waals surface area contributed by atoms with Crippen molar-refractivity contribution in [3.8, 4) is 5.75 Å². The van der Waals surface area contributed by atoms with E-state index in [1.165, 1.54) is 0 Å². The summed E-state index contributed by atoms with van der Waals surface area (Å²) in [5.74, 6) is 0.0924. The Balaban J connectivity index is 1.99. The van der Waals surface area contributed by atoms with Crippen molar-refractivity contribution in [1.82, 2.24) is 4.90 Å². The number of aryl methyl sites for hydroxylation is 1. The Morgan fingerprint density at radius 2 is 1.73 bits per heavy atom. The van der Waals surface area contributed by atoms with Crippen LogP contribution in [0.25, 0.3) is 0 Å². The zero-order valence-electron chi connectivity index (χ0n) is 15.2. The Kier molecular flexibility index (Phi) is 7.04. The zero-order chi connectivity index (χ0) is 19.1. The molecule has 0 aliphatic rings. The number of likely N-dealkylation sites (N-methyl/N-ethyl adjacent to an activating group) is 1. The fraction of sp³-hybridized carbons (Fsp3) is 0.300. The summed E-state index contributed by atoms with van der Waals surface area (Å²) in [6.07, 6.45) is 0. The lowest BCUT2D eigenvalue weighted by molar-refractivity contribution is -0.132. The van der Waals surface area contributed by atoms with Crippen molar-refractivity contribution in [2.45, 2.75) is 20.8 Å². The van der Waals surface area contributed by atoms with Crippen LogP contribution < -0.4 is 10.1 Å². The number of ether oxygens (including phenoxy) is 1. The predicted molar refractivity (Wildman–Crippen MR) is 104 cm³/mol. The number of anilines is 1. The molecule has 0 saturated heterocycles. The van der Waals surface area contributed by atoms with Crippen LogP contribution in [0.3, 0.4) is 0 Å². The minimum atomic E-state index is -0.216. The summed E-state index contributed by atoms with van der Waals surface area (Å²) in [4.78, 5) is 25.9. The number of carbonyl (C=O) groups is 2. The third-order valence-corrected chi connectivity index (χ3v) is 4.27. The molecule has 0 fully saturated rings. The van der Waals surface area contributed by atoms with Crippen LogP contribution in [0, 0.1) is 6.92 Å². The molecule has 2 aromatic rings. The van der Waals surface area contributed by atoms with Gasteiger partial charge < -0.3 is 15.0 Å². The monoisotopic (exact) mass is 374 g/mol. The average molecular weight is 375 g/mol. The van der Waals surface area contributed by atoms with Crippen molar-refractivity contribution in [3.63, 3.8) is 0 Å². The molecule has 0 saturated carbocycles. The van der Waals surface area contributed by atoms with E-state index in [9.17, 15) is 9.59 Å². The van der Waals surface area contributed by atoms with E-state index in [1.807, 2.05) is 32.9 Å². The van der Waals surface area contributed by atoms with Gasteiger partial charge in [0.1, 0.15) is 5.75 Å². The van der Waals surface area contributed by atoms with Crippen LogP contribution in [0.15, 0.2) is 42.5 Å². The van der Waals surface area contributed by atoms with Crippen LogP contribution in [-0.2, 0) is 4.79 Å². The molecule has 0 aromatic heterocycles. The molecule has 0 spiro atoms. The molecule has 0 bridgehead atoms. The summed E-state index contributed by atoms with van der Waals surface area (Å²) < 4.78 is 5.51. The molecule has 0 radical (unpaired) electrons. The second-order valence-corrected chi connectivity index (χ2v) is 6.23. The molecule has 0 heterocycles. The lowest BCUT2D eigenvalue weighted by Gasteiger charge is -2.19. The molecule has 2 amide bonds. The molecule has 0 aliphatic heterocycles. The molecule has 2 rings (SSSR count). The van der Waals surface area contributed by atoms with Crippen LogP contribution in [0.5, 0.6) is 5.75 Å². The molecular weight excluding hydrogens is 352 g/mol. The Bertz CT molecular complexity index is 771. The number of rotatable bonds is 7. The minimum absolute atomic E-state index is 0.0729. The molecule has 0 aliphatic carbocycles. The lowest BCUT2D eigenvalue weighted by atomic mass is 10.1. The van der Waals surface area contributed by atoms with Crippen LogP contribution in [0.1, 0.15) is 29.8 Å². The maximum atomic E-state index is 12.2. The number of hydrogen-bond acceptors (Lipinski definition) is 3. The quantitative estimate of drug-likeness (QED) is 0.792. The van der Waals surface area contributed by atoms with Gasteiger partial charge in [-0.05, 0) is 51.1 Å². The topological polar surface area (TPSA) is 58.6 Å². The molecule has 5 nitrogen and oxygen atoms in total. The van der Waals surface area contributed by atoms with Gasteiger partial charge in [0, 0.05) is 24.3 Å². The van der Waals surface area contributed by atoms with E-state index >= 15 is 0 Å². The first kappa shape index (κ1) is 19.8. The lowest BCUT2D eigenvalue weighted by Crippen LogP contribution is -2.34. The van der Waals surface area contributed by atoms with E-state index in [2.05, 4.69) is 5.32 Å². The summed E-state index contributed by atoms with van der Waals surface area (Å²) in [5, 5.41) is 3.13. The summed E-state index contributed by atoms with van der Waals surface area (Å²) in [5.41, 5.74) is 2.21. The highest BCUT2D eigenvalue weighted by molar-refractivity contribution is 6.32. The fourth-order valence-corrected chi connectivity index (χ4v) is 2.65. The first-order chi connectivity index (χ1) is 12.4. The van der Waals surface area contributed by atoms with Crippen LogP contribution in [-0.4, -0.2) is 36.4 Å². The van der Waals surface area contributed by atoms with Gasteiger partial charge >= 0.3 is 0 Å². The Labute approximate surface area is 158 Å². The first-order valence-electron chi connectivity index (χ1n) is 8.52. The highest BCUT2D eigenvalue weighted by Crippen LogP contribution is 2.28. The number of amides is 2. The molecule has 2 aromatic carbocycles. The van der Waals surface area contributed by atoms with Gasteiger partial charge in [-0.1, -0.05) is 29.3 Å². The third kappa shape index (κ3) is 5.23. The molecular formula is C20H23ClN2O3. The van der Waals surface area contributed by atoms with Crippen molar-refractivity contribution in [2.75, 3.05) is 25.0 Å². The Morgan fingerprint density at radius 1 is 1.08 bits per heavy atom. The van der Waals surface area contributed by atoms with E-state index in [4.69, 9.17) is 16.3 Å². The average Bonchev–Trinajstić information content (AvgIpc) is 2.62. The van der Waals surface area contributed by atoms with E-state index < -0.39 is 0 Å². The molecule has 6 heteroatoms. The summed E-state index contributed by atoms with van der Waals surface area (Å²) in [6.45, 7) is 6.99. The van der Waals surface area contributed by atoms with Crippen molar-refractivity contribution in [2.24, 2.45) is 0 Å². The molecule has 1 N–H and O–H groups in total. The maximum absolute atomic E-state index is 12.2. The maximum Gasteiger partial charge on any atom is 0.260 e. The van der Waals surface area contributed by atoms with Gasteiger partial charge in [0.15, 0.2) is 6.61 Å². The number of benzene rings is 2. The van der Waals surface area contributed by atoms with Gasteiger partial charge in [-0.25, -0.2) is 0 Å². The van der Waals surface area contributed by atoms with Crippen LogP contribution in [0.2, 0.25) is 5.02 Å². The SMILES string of the molecule is CCN(CC)C(=O)COc1ccc(NC(=O)c2ccc(C)cc2)cc1Cl. The third-order valence-electron chi connectivity index (χ3n) is 3.97. The van der Waals surface area contributed by atoms with Crippen molar-refractivity contribution < 1.29 is 14.3 Å². The van der Waals surface area contributed by atoms with E-state index in [0.29, 0.717) is 35.1 Å². The van der Waals surface area contributed by atoms with Gasteiger partial charge in [0.25, 0.3) is 11.8 Å². The van der Waals surface area contributed by atoms with Crippen molar-refractivity contribution >= 4 is 29.1 Å². The number of hydrogen-bond donors (Lipinski definition) is 1. The van der Waals surface area contributed by atoms with Gasteiger partial charge in [0.05, 0.1) is 5.02 Å². The number of halogens is 1. The van der Waals surface area contributed by atoms with E-state index in [-0.39, 0.29) is 18.4 Å². The number of carbonyl (C=O) groups excluding carboxylic acids is 2. The smallest absolute Gasteiger partial charge is 0.260 e. The highest BCUT2D eigenvalue weighted by atomic mass is 35.5. The largest absolute Gasteiger partial charge is 0.482 e. The zero-order valence-corrected chi connectivity index (χ0v) is 16.0. The standard InChI is InChI=1S/C20H23ClN2O3/c1-4-23(5-2)19(24)13-26-18-11-10-16(12-17(18)21)22-20(25)15-8-6-14(3)7-9-15/h6-12H,4-5,13H2,1-3H3,(H,22,25). The molecule has 26 heavy (non-hydrogen) atoms. The normalized spacial score (nSPS) is 10.3. The molecule has 138 valence electrons. The summed E-state index contributed by atoms with van der Waals surface area (Å²) in [6, 6.07) is 12.2. The van der Waals surface area contributed by atoms with Crippen molar-refractivity contribution in [3.05, 3.63) is 58.6 Å². The second-order valence-electron chi connectivity index (χ2n) is 5.82. The van der Waals surface area contributed by atoms with Gasteiger partial charge in [-0.3, -0.25) is 9.59 Å². The van der Waals surface area contributed by atoms with Crippen LogP contribution in [0.4, 0.5) is 5.69 Å². The highest BCUT2D eigenvalue weighted by Gasteiger charge is 2.12. The van der Waals surface area contributed by atoms with Gasteiger partial charge in [-0.2, -0.15) is 0 Å². The van der Waals surface area contributed by atoms with Crippen LogP contribution >= 0.6 is 11.6 Å². The van der Waals surface area contributed by atoms with E-state index in [1.54, 1.807) is 35.2 Å². The van der Waals surface area contributed by atoms with Gasteiger partial charge in [0.2, 0.25) is 0 Å². The summed E-state index contributed by atoms with van der Waals surface area (Å²) >= 11 is 6.21. The first-order valence-corrected chi connectivity index (χ1v) is 8.90. The van der Waals surface area contributed by atoms with Crippen molar-refractivity contribution in [1.29, 1.82) is 0 Å². The second kappa shape index (κ2) is 9.25. The Hall–Kier alpha value is -2.53. The minimum Gasteiger partial charge on any atom is -0.482 e. The predicted octanol–water partition coefficient (Wildman–Crippen LogP) is 4.15. The Morgan fingerprint density at radius 3 is 2.31 bits per heavy atom. The molecule has 0 unspecified atom stereocenters.